The van der Waals surface area contributed by atoms with E-state index >= 15 is 0 Å². The number of carbonyl (C=O) groups excluding carboxylic acids is 1. The minimum Gasteiger partial charge on any atom is -0.322 e. The van der Waals surface area contributed by atoms with Crippen molar-refractivity contribution in [1.82, 2.24) is 15.1 Å². The summed E-state index contributed by atoms with van der Waals surface area (Å²) in [5.41, 5.74) is 4.14. The first-order chi connectivity index (χ1) is 14.2. The smallest absolute Gasteiger partial charge is 0.259 e. The van der Waals surface area contributed by atoms with E-state index in [4.69, 9.17) is 0 Å². The van der Waals surface area contributed by atoms with Gasteiger partial charge < -0.3 is 10.6 Å². The summed E-state index contributed by atoms with van der Waals surface area (Å²) < 4.78 is 15.2. The average molecular weight is 429 g/mol. The van der Waals surface area contributed by atoms with Crippen LogP contribution >= 0.6 is 12.4 Å². The van der Waals surface area contributed by atoms with Gasteiger partial charge >= 0.3 is 0 Å². The zero-order chi connectivity index (χ0) is 20.2. The van der Waals surface area contributed by atoms with E-state index in [1.165, 1.54) is 12.1 Å². The fourth-order valence-electron chi connectivity index (χ4n) is 3.95. The highest BCUT2D eigenvalue weighted by Crippen LogP contribution is 2.31. The van der Waals surface area contributed by atoms with Gasteiger partial charge in [-0.2, -0.15) is 5.10 Å². The lowest BCUT2D eigenvalue weighted by atomic mass is 9.91. The van der Waals surface area contributed by atoms with Crippen molar-refractivity contribution in [2.45, 2.75) is 32.1 Å². The number of piperidine rings is 1. The second kappa shape index (κ2) is 9.87. The fourth-order valence-corrected chi connectivity index (χ4v) is 3.95. The molecule has 0 radical (unpaired) electrons. The number of hydrogen-bond acceptors (Lipinski definition) is 3. The van der Waals surface area contributed by atoms with Crippen molar-refractivity contribution >= 4 is 24.0 Å². The summed E-state index contributed by atoms with van der Waals surface area (Å²) in [7, 11) is 0. The van der Waals surface area contributed by atoms with Crippen molar-refractivity contribution in [2.24, 2.45) is 0 Å². The summed E-state index contributed by atoms with van der Waals surface area (Å²) in [5.74, 6) is -0.239. The Morgan fingerprint density at radius 2 is 1.87 bits per heavy atom. The number of anilines is 1. The number of hydrogen-bond donors (Lipinski definition) is 2. The Morgan fingerprint density at radius 3 is 2.57 bits per heavy atom. The summed E-state index contributed by atoms with van der Waals surface area (Å²) in [6.45, 7) is 3.87. The second-order valence-electron chi connectivity index (χ2n) is 7.32. The largest absolute Gasteiger partial charge is 0.322 e. The molecule has 0 spiro atoms. The first-order valence-electron chi connectivity index (χ1n) is 10.1. The topological polar surface area (TPSA) is 59.0 Å². The number of nitrogens with one attached hydrogen (secondary N) is 2. The van der Waals surface area contributed by atoms with Gasteiger partial charge in [-0.3, -0.25) is 4.79 Å². The lowest BCUT2D eigenvalue weighted by molar-refractivity contribution is 0.102. The lowest BCUT2D eigenvalue weighted by Crippen LogP contribution is -2.29. The minimum absolute atomic E-state index is 0. The van der Waals surface area contributed by atoms with Crippen LogP contribution in [-0.2, 0) is 6.42 Å². The number of aryl methyl sites for hydroxylation is 1. The number of amides is 1. The quantitative estimate of drug-likeness (QED) is 0.618. The summed E-state index contributed by atoms with van der Waals surface area (Å²) in [6.07, 6.45) is 4.33. The summed E-state index contributed by atoms with van der Waals surface area (Å²) >= 11 is 0. The number of carbonyl (C=O) groups is 1. The molecule has 2 N–H and O–H groups in total. The highest BCUT2D eigenvalue weighted by Gasteiger charge is 2.27. The molecule has 2 aromatic carbocycles. The van der Waals surface area contributed by atoms with Crippen molar-refractivity contribution in [3.63, 3.8) is 0 Å². The van der Waals surface area contributed by atoms with E-state index in [2.05, 4.69) is 22.7 Å². The van der Waals surface area contributed by atoms with Crippen LogP contribution < -0.4 is 10.6 Å². The van der Waals surface area contributed by atoms with Gasteiger partial charge in [-0.05, 0) is 68.2 Å². The molecule has 1 aliphatic heterocycles. The van der Waals surface area contributed by atoms with Crippen LogP contribution in [0.15, 0.2) is 54.7 Å². The fraction of sp³-hybridized carbons (Fsp3) is 0.304. The molecular weight excluding hydrogens is 403 g/mol. The van der Waals surface area contributed by atoms with Gasteiger partial charge in [-0.1, -0.05) is 25.1 Å². The third kappa shape index (κ3) is 4.55. The molecular formula is C23H26ClFN4O. The molecule has 7 heteroatoms. The van der Waals surface area contributed by atoms with Crippen molar-refractivity contribution in [2.75, 3.05) is 18.4 Å². The Hall–Kier alpha value is -2.70. The van der Waals surface area contributed by atoms with Crippen LogP contribution in [0, 0.1) is 5.82 Å². The maximum Gasteiger partial charge on any atom is 0.259 e. The standard InChI is InChI=1S/C23H25FN4O.ClH/c1-2-16-5-3-4-6-21(16)27-23(29)20-15-26-28(19-9-7-18(24)8-10-19)22(20)17-11-13-25-14-12-17;/h3-10,15,17,25H,2,11-14H2,1H3,(H,27,29);1H. The zero-order valence-electron chi connectivity index (χ0n) is 16.9. The molecule has 0 aliphatic carbocycles. The van der Waals surface area contributed by atoms with E-state index in [-0.39, 0.29) is 30.0 Å². The van der Waals surface area contributed by atoms with Gasteiger partial charge in [0.2, 0.25) is 0 Å². The predicted octanol–water partition coefficient (Wildman–Crippen LogP) is 4.71. The number of benzene rings is 2. The first-order valence-corrected chi connectivity index (χ1v) is 10.1. The van der Waals surface area contributed by atoms with Gasteiger partial charge in [0, 0.05) is 11.6 Å². The molecule has 1 aromatic heterocycles. The number of nitrogens with zero attached hydrogens (tertiary/aromatic N) is 2. The Balaban J connectivity index is 0.00000256. The van der Waals surface area contributed by atoms with Crippen LogP contribution in [0.3, 0.4) is 0 Å². The summed E-state index contributed by atoms with van der Waals surface area (Å²) in [4.78, 5) is 13.2. The van der Waals surface area contributed by atoms with Crippen LogP contribution in [-0.4, -0.2) is 28.8 Å². The molecule has 1 saturated heterocycles. The molecule has 3 aromatic rings. The van der Waals surface area contributed by atoms with E-state index in [9.17, 15) is 9.18 Å². The number of halogens is 2. The number of para-hydroxylation sites is 1. The second-order valence-corrected chi connectivity index (χ2v) is 7.32. The molecule has 4 rings (SSSR count). The van der Waals surface area contributed by atoms with E-state index in [1.54, 1.807) is 23.0 Å². The van der Waals surface area contributed by atoms with Crippen molar-refractivity contribution in [3.05, 3.63) is 77.4 Å². The SMILES string of the molecule is CCc1ccccc1NC(=O)c1cnn(-c2ccc(F)cc2)c1C1CCNCC1.Cl. The first kappa shape index (κ1) is 22.0. The predicted molar refractivity (Wildman–Crippen MR) is 119 cm³/mol. The third-order valence-electron chi connectivity index (χ3n) is 5.49. The van der Waals surface area contributed by atoms with Crippen LogP contribution in [0.25, 0.3) is 5.69 Å². The highest BCUT2D eigenvalue weighted by molar-refractivity contribution is 6.05. The van der Waals surface area contributed by atoms with Gasteiger partial charge in [0.15, 0.2) is 0 Å². The molecule has 0 unspecified atom stereocenters. The zero-order valence-corrected chi connectivity index (χ0v) is 17.7. The lowest BCUT2D eigenvalue weighted by Gasteiger charge is -2.24. The van der Waals surface area contributed by atoms with Crippen molar-refractivity contribution in [1.29, 1.82) is 0 Å². The molecule has 0 saturated carbocycles. The van der Waals surface area contributed by atoms with Crippen LogP contribution in [0.2, 0.25) is 0 Å². The van der Waals surface area contributed by atoms with E-state index < -0.39 is 0 Å². The third-order valence-corrected chi connectivity index (χ3v) is 5.49. The van der Waals surface area contributed by atoms with E-state index in [0.29, 0.717) is 5.56 Å². The number of rotatable bonds is 5. The van der Waals surface area contributed by atoms with Gasteiger partial charge in [-0.25, -0.2) is 9.07 Å². The van der Waals surface area contributed by atoms with Crippen LogP contribution in [0.1, 0.15) is 47.3 Å². The molecule has 158 valence electrons. The molecule has 2 heterocycles. The maximum absolute atomic E-state index is 13.4. The normalized spacial score (nSPS) is 14.2. The molecule has 1 amide bonds. The molecule has 0 bridgehead atoms. The van der Waals surface area contributed by atoms with E-state index in [0.717, 1.165) is 55.0 Å². The molecule has 0 atom stereocenters. The van der Waals surface area contributed by atoms with Gasteiger partial charge in [-0.15, -0.1) is 12.4 Å². The van der Waals surface area contributed by atoms with Gasteiger partial charge in [0.1, 0.15) is 5.82 Å². The molecule has 5 nitrogen and oxygen atoms in total. The Labute approximate surface area is 182 Å². The minimum atomic E-state index is -0.293. The average Bonchev–Trinajstić information content (AvgIpc) is 3.20. The monoisotopic (exact) mass is 428 g/mol. The van der Waals surface area contributed by atoms with Gasteiger partial charge in [0.05, 0.1) is 23.1 Å². The maximum atomic E-state index is 13.4. The van der Waals surface area contributed by atoms with Gasteiger partial charge in [0.25, 0.3) is 5.91 Å². The van der Waals surface area contributed by atoms with Crippen LogP contribution in [0.4, 0.5) is 10.1 Å². The highest BCUT2D eigenvalue weighted by atomic mass is 35.5. The molecule has 30 heavy (non-hydrogen) atoms. The number of aromatic nitrogens is 2. The molecule has 1 fully saturated rings. The Kier molecular flexibility index (Phi) is 7.24. The van der Waals surface area contributed by atoms with Crippen LogP contribution in [0.5, 0.6) is 0 Å². The summed E-state index contributed by atoms with van der Waals surface area (Å²) in [6, 6.07) is 14.1. The Bertz CT molecular complexity index is 997. The molecule has 1 aliphatic rings. The van der Waals surface area contributed by atoms with E-state index in [1.807, 2.05) is 24.3 Å². The van der Waals surface area contributed by atoms with Crippen molar-refractivity contribution in [3.8, 4) is 5.69 Å². The Morgan fingerprint density at radius 1 is 1.17 bits per heavy atom. The van der Waals surface area contributed by atoms with Crippen molar-refractivity contribution < 1.29 is 9.18 Å². The summed E-state index contributed by atoms with van der Waals surface area (Å²) in [5, 5.41) is 10.9.